The van der Waals surface area contributed by atoms with E-state index in [1.807, 2.05) is 49.4 Å². The molecule has 1 aliphatic heterocycles. The standard InChI is InChI=1S/C13H14N2O2/c1-10-9-11(7-8-14(10)2)12-5-3-4-6-13(12)15(16)17/h3-9,11H,1-2H3. The zero-order valence-electron chi connectivity index (χ0n) is 9.83. The molecule has 1 aromatic carbocycles. The van der Waals surface area contributed by atoms with Gasteiger partial charge >= 0.3 is 0 Å². The van der Waals surface area contributed by atoms with Gasteiger partial charge in [0.2, 0.25) is 0 Å². The van der Waals surface area contributed by atoms with Crippen LogP contribution in [0.4, 0.5) is 5.69 Å². The first kappa shape index (κ1) is 11.4. The van der Waals surface area contributed by atoms with Crippen molar-refractivity contribution < 1.29 is 4.92 Å². The van der Waals surface area contributed by atoms with Crippen LogP contribution < -0.4 is 0 Å². The van der Waals surface area contributed by atoms with E-state index >= 15 is 0 Å². The minimum atomic E-state index is -0.329. The molecular formula is C13H14N2O2. The van der Waals surface area contributed by atoms with Crippen LogP contribution in [0.1, 0.15) is 18.4 Å². The molecule has 0 N–H and O–H groups in total. The Morgan fingerprint density at radius 3 is 2.71 bits per heavy atom. The van der Waals surface area contributed by atoms with Gasteiger partial charge in [-0.1, -0.05) is 30.4 Å². The predicted molar refractivity (Wildman–Crippen MR) is 66.5 cm³/mol. The third-order valence-corrected chi connectivity index (χ3v) is 2.99. The molecule has 1 aromatic rings. The van der Waals surface area contributed by atoms with Crippen LogP contribution >= 0.6 is 0 Å². The van der Waals surface area contributed by atoms with Crippen LogP contribution in [-0.2, 0) is 0 Å². The highest BCUT2D eigenvalue weighted by molar-refractivity contribution is 5.47. The van der Waals surface area contributed by atoms with Gasteiger partial charge in [-0.15, -0.1) is 0 Å². The molecule has 0 aliphatic carbocycles. The van der Waals surface area contributed by atoms with E-state index in [-0.39, 0.29) is 16.5 Å². The van der Waals surface area contributed by atoms with Gasteiger partial charge in [-0.3, -0.25) is 10.1 Å². The number of hydrogen-bond acceptors (Lipinski definition) is 3. The van der Waals surface area contributed by atoms with Crippen LogP contribution in [0.2, 0.25) is 0 Å². The summed E-state index contributed by atoms with van der Waals surface area (Å²) < 4.78 is 0. The zero-order chi connectivity index (χ0) is 12.4. The molecule has 1 unspecified atom stereocenters. The smallest absolute Gasteiger partial charge is 0.273 e. The first-order valence-corrected chi connectivity index (χ1v) is 5.42. The Bertz CT molecular complexity index is 506. The van der Waals surface area contributed by atoms with E-state index < -0.39 is 0 Å². The van der Waals surface area contributed by atoms with Gasteiger partial charge in [0.25, 0.3) is 5.69 Å². The fourth-order valence-electron chi connectivity index (χ4n) is 1.90. The molecule has 0 fully saturated rings. The predicted octanol–water partition coefficient (Wildman–Crippen LogP) is 3.04. The van der Waals surface area contributed by atoms with Crippen molar-refractivity contribution in [2.75, 3.05) is 7.05 Å². The Hall–Kier alpha value is -2.10. The molecule has 4 nitrogen and oxygen atoms in total. The van der Waals surface area contributed by atoms with E-state index in [0.29, 0.717) is 0 Å². The lowest BCUT2D eigenvalue weighted by molar-refractivity contribution is -0.385. The van der Waals surface area contributed by atoms with E-state index in [0.717, 1.165) is 11.3 Å². The van der Waals surface area contributed by atoms with Gasteiger partial charge in [0.05, 0.1) is 4.92 Å². The third-order valence-electron chi connectivity index (χ3n) is 2.99. The van der Waals surface area contributed by atoms with Crippen LogP contribution in [0.25, 0.3) is 0 Å². The molecule has 0 aromatic heterocycles. The molecule has 1 aliphatic rings. The second-order valence-electron chi connectivity index (χ2n) is 4.10. The minimum absolute atomic E-state index is 0.0206. The Morgan fingerprint density at radius 1 is 1.35 bits per heavy atom. The van der Waals surface area contributed by atoms with Gasteiger partial charge in [-0.25, -0.2) is 0 Å². The molecule has 17 heavy (non-hydrogen) atoms. The molecule has 0 saturated carbocycles. The zero-order valence-corrected chi connectivity index (χ0v) is 9.83. The first-order valence-electron chi connectivity index (χ1n) is 5.42. The summed E-state index contributed by atoms with van der Waals surface area (Å²) in [7, 11) is 1.96. The van der Waals surface area contributed by atoms with E-state index in [9.17, 15) is 10.1 Å². The number of allylic oxidation sites excluding steroid dienone is 3. The molecule has 4 heteroatoms. The van der Waals surface area contributed by atoms with Crippen LogP contribution in [0.5, 0.6) is 0 Å². The Kier molecular flexibility index (Phi) is 2.95. The van der Waals surface area contributed by atoms with Crippen molar-refractivity contribution in [1.82, 2.24) is 4.90 Å². The Labute approximate surface area is 100 Å². The highest BCUT2D eigenvalue weighted by Crippen LogP contribution is 2.31. The maximum absolute atomic E-state index is 11.0. The fraction of sp³-hybridized carbons (Fsp3) is 0.231. The number of nitro groups is 1. The number of benzene rings is 1. The molecule has 0 spiro atoms. The van der Waals surface area contributed by atoms with E-state index in [1.54, 1.807) is 12.1 Å². The largest absolute Gasteiger partial charge is 0.355 e. The SMILES string of the molecule is CC1=CC(c2ccccc2[N+](=O)[O-])C=CN1C. The lowest BCUT2D eigenvalue weighted by Gasteiger charge is -2.22. The molecule has 1 heterocycles. The normalized spacial score (nSPS) is 19.1. The lowest BCUT2D eigenvalue weighted by atomic mass is 9.94. The molecule has 0 amide bonds. The van der Waals surface area contributed by atoms with Crippen LogP contribution in [0.3, 0.4) is 0 Å². The summed E-state index contributed by atoms with van der Waals surface area (Å²) in [5.74, 6) is -0.0206. The maximum Gasteiger partial charge on any atom is 0.273 e. The topological polar surface area (TPSA) is 46.4 Å². The highest BCUT2D eigenvalue weighted by Gasteiger charge is 2.20. The first-order chi connectivity index (χ1) is 8.09. The molecule has 1 atom stereocenters. The second kappa shape index (κ2) is 4.41. The monoisotopic (exact) mass is 230 g/mol. The maximum atomic E-state index is 11.0. The van der Waals surface area contributed by atoms with Crippen molar-refractivity contribution >= 4 is 5.69 Å². The second-order valence-corrected chi connectivity index (χ2v) is 4.10. The highest BCUT2D eigenvalue weighted by atomic mass is 16.6. The molecule has 0 saturated heterocycles. The number of rotatable bonds is 2. The lowest BCUT2D eigenvalue weighted by Crippen LogP contribution is -2.13. The van der Waals surface area contributed by atoms with Gasteiger partial charge in [0.1, 0.15) is 0 Å². The van der Waals surface area contributed by atoms with Crippen molar-refractivity contribution in [3.8, 4) is 0 Å². The molecule has 0 radical (unpaired) electrons. The van der Waals surface area contributed by atoms with Crippen molar-refractivity contribution in [1.29, 1.82) is 0 Å². The van der Waals surface area contributed by atoms with Gasteiger partial charge in [0, 0.05) is 36.5 Å². The van der Waals surface area contributed by atoms with Crippen molar-refractivity contribution in [3.63, 3.8) is 0 Å². The molecule has 0 bridgehead atoms. The van der Waals surface area contributed by atoms with Crippen LogP contribution in [0.15, 0.2) is 48.3 Å². The van der Waals surface area contributed by atoms with Gasteiger partial charge in [0.15, 0.2) is 0 Å². The summed E-state index contributed by atoms with van der Waals surface area (Å²) in [6.45, 7) is 1.99. The number of hydrogen-bond donors (Lipinski definition) is 0. The van der Waals surface area contributed by atoms with Crippen molar-refractivity contribution in [3.05, 3.63) is 64.0 Å². The van der Waals surface area contributed by atoms with Gasteiger partial charge in [-0.2, -0.15) is 0 Å². The number of nitro benzene ring substituents is 1. The van der Waals surface area contributed by atoms with E-state index in [2.05, 4.69) is 0 Å². The quantitative estimate of drug-likeness (QED) is 0.579. The summed E-state index contributed by atoms with van der Waals surface area (Å²) >= 11 is 0. The molecular weight excluding hydrogens is 216 g/mol. The third kappa shape index (κ3) is 2.20. The van der Waals surface area contributed by atoms with E-state index in [1.165, 1.54) is 0 Å². The van der Waals surface area contributed by atoms with Crippen molar-refractivity contribution in [2.24, 2.45) is 0 Å². The Balaban J connectivity index is 2.42. The van der Waals surface area contributed by atoms with E-state index in [4.69, 9.17) is 0 Å². The number of nitrogens with zero attached hydrogens (tertiary/aromatic N) is 2. The van der Waals surface area contributed by atoms with Gasteiger partial charge in [-0.05, 0) is 6.92 Å². The summed E-state index contributed by atoms with van der Waals surface area (Å²) in [6, 6.07) is 6.88. The van der Waals surface area contributed by atoms with Gasteiger partial charge < -0.3 is 4.90 Å². The summed E-state index contributed by atoms with van der Waals surface area (Å²) in [5.41, 5.74) is 2.01. The minimum Gasteiger partial charge on any atom is -0.355 e. The average Bonchev–Trinajstić information content (AvgIpc) is 2.32. The molecule has 88 valence electrons. The fourth-order valence-corrected chi connectivity index (χ4v) is 1.90. The molecule has 2 rings (SSSR count). The van der Waals surface area contributed by atoms with Crippen LogP contribution in [0, 0.1) is 10.1 Å². The summed E-state index contributed by atoms with van der Waals surface area (Å²) in [5, 5.41) is 11.0. The summed E-state index contributed by atoms with van der Waals surface area (Å²) in [4.78, 5) is 12.6. The Morgan fingerprint density at radius 2 is 2.06 bits per heavy atom. The van der Waals surface area contributed by atoms with Crippen molar-refractivity contribution in [2.45, 2.75) is 12.8 Å². The average molecular weight is 230 g/mol. The number of para-hydroxylation sites is 1. The van der Waals surface area contributed by atoms with Crippen LogP contribution in [-0.4, -0.2) is 16.9 Å². The summed E-state index contributed by atoms with van der Waals surface area (Å²) in [6.07, 6.45) is 5.94.